The second-order valence-corrected chi connectivity index (χ2v) is 6.00. The molecule has 3 rings (SSSR count). The number of thiophene rings is 1. The zero-order valence-corrected chi connectivity index (χ0v) is 13.9. The van der Waals surface area contributed by atoms with Crippen molar-refractivity contribution in [1.29, 1.82) is 0 Å². The maximum absolute atomic E-state index is 12.3. The summed E-state index contributed by atoms with van der Waals surface area (Å²) in [7, 11) is 1.68. The summed E-state index contributed by atoms with van der Waals surface area (Å²) < 4.78 is 11.1. The van der Waals surface area contributed by atoms with Gasteiger partial charge < -0.3 is 25.4 Å². The van der Waals surface area contributed by atoms with Gasteiger partial charge in [-0.2, -0.15) is 0 Å². The highest BCUT2D eigenvalue weighted by atomic mass is 32.1. The third-order valence-electron chi connectivity index (χ3n) is 3.29. The maximum Gasteiger partial charge on any atom is 0.265 e. The smallest absolute Gasteiger partial charge is 0.265 e. The molecule has 1 aliphatic rings. The van der Waals surface area contributed by atoms with Gasteiger partial charge in [-0.1, -0.05) is 6.07 Å². The lowest BCUT2D eigenvalue weighted by Crippen LogP contribution is -2.26. The van der Waals surface area contributed by atoms with E-state index in [0.29, 0.717) is 41.0 Å². The molecule has 0 saturated carbocycles. The van der Waals surface area contributed by atoms with Crippen molar-refractivity contribution in [3.8, 4) is 11.5 Å². The maximum atomic E-state index is 12.3. The van der Waals surface area contributed by atoms with E-state index in [9.17, 15) is 9.59 Å². The van der Waals surface area contributed by atoms with Crippen LogP contribution in [0, 0.1) is 0 Å². The topological polar surface area (TPSA) is 88.7 Å². The molecular formula is C16H17N3O4S. The molecular weight excluding hydrogens is 330 g/mol. The lowest BCUT2D eigenvalue weighted by atomic mass is 10.2. The van der Waals surface area contributed by atoms with Crippen LogP contribution in [0.25, 0.3) is 0 Å². The molecule has 7 nitrogen and oxygen atoms in total. The van der Waals surface area contributed by atoms with E-state index in [1.807, 2.05) is 5.38 Å². The van der Waals surface area contributed by atoms with Crippen molar-refractivity contribution >= 4 is 34.5 Å². The first-order chi connectivity index (χ1) is 11.7. The van der Waals surface area contributed by atoms with E-state index >= 15 is 0 Å². The fraction of sp³-hybridized carbons (Fsp3) is 0.250. The number of anilines is 2. The normalized spacial score (nSPS) is 12.5. The number of hydrogen-bond acceptors (Lipinski definition) is 6. The Bertz CT molecular complexity index is 746. The number of ether oxygens (including phenoxy) is 2. The number of carbonyl (C=O) groups is 2. The van der Waals surface area contributed by atoms with Gasteiger partial charge in [-0.05, 0) is 18.5 Å². The van der Waals surface area contributed by atoms with Gasteiger partial charge in [0.05, 0.1) is 22.8 Å². The first kappa shape index (κ1) is 16.3. The Labute approximate surface area is 143 Å². The molecule has 3 N–H and O–H groups in total. The highest BCUT2D eigenvalue weighted by Gasteiger charge is 2.19. The fourth-order valence-electron chi connectivity index (χ4n) is 2.24. The summed E-state index contributed by atoms with van der Waals surface area (Å²) in [6, 6.07) is 6.86. The van der Waals surface area contributed by atoms with Crippen LogP contribution in [0.4, 0.5) is 11.4 Å². The molecule has 1 aromatic heterocycles. The average Bonchev–Trinajstić information content (AvgIpc) is 3.10. The third-order valence-corrected chi connectivity index (χ3v) is 4.16. The Morgan fingerprint density at radius 3 is 2.38 bits per heavy atom. The van der Waals surface area contributed by atoms with Gasteiger partial charge in [-0.25, -0.2) is 0 Å². The minimum atomic E-state index is -0.245. The van der Waals surface area contributed by atoms with Gasteiger partial charge in [0.25, 0.3) is 5.91 Å². The van der Waals surface area contributed by atoms with E-state index in [4.69, 9.17) is 9.47 Å². The molecule has 0 spiro atoms. The summed E-state index contributed by atoms with van der Waals surface area (Å²) in [4.78, 5) is 24.8. The average molecular weight is 347 g/mol. The van der Waals surface area contributed by atoms with Crippen molar-refractivity contribution in [1.82, 2.24) is 5.32 Å². The van der Waals surface area contributed by atoms with Crippen LogP contribution in [0.1, 0.15) is 9.67 Å². The zero-order valence-electron chi connectivity index (χ0n) is 13.0. The van der Waals surface area contributed by atoms with E-state index in [2.05, 4.69) is 16.0 Å². The predicted octanol–water partition coefficient (Wildman–Crippen LogP) is 1.93. The molecule has 0 aliphatic carbocycles. The molecule has 2 aromatic rings. The first-order valence-electron chi connectivity index (χ1n) is 7.40. The summed E-state index contributed by atoms with van der Waals surface area (Å²) in [5.74, 6) is 0.607. The summed E-state index contributed by atoms with van der Waals surface area (Å²) in [6.45, 7) is 1.04. The molecule has 0 unspecified atom stereocenters. The molecule has 1 aliphatic heterocycles. The van der Waals surface area contributed by atoms with Crippen LogP contribution in [0.3, 0.4) is 0 Å². The lowest BCUT2D eigenvalue weighted by molar-refractivity contribution is -0.115. The molecule has 0 bridgehead atoms. The lowest BCUT2D eigenvalue weighted by Gasteiger charge is -2.21. The highest BCUT2D eigenvalue weighted by Crippen LogP contribution is 2.38. The Kier molecular flexibility index (Phi) is 4.97. The quantitative estimate of drug-likeness (QED) is 0.769. The van der Waals surface area contributed by atoms with Crippen LogP contribution in [-0.4, -0.2) is 38.6 Å². The molecule has 0 fully saturated rings. The molecule has 0 atom stereocenters. The number of carbonyl (C=O) groups excluding carboxylic acids is 2. The minimum Gasteiger partial charge on any atom is -0.486 e. The molecule has 2 heterocycles. The second-order valence-electron chi connectivity index (χ2n) is 5.05. The number of benzene rings is 1. The third kappa shape index (κ3) is 3.66. The van der Waals surface area contributed by atoms with Gasteiger partial charge in [-0.15, -0.1) is 11.3 Å². The Morgan fingerprint density at radius 1 is 1.12 bits per heavy atom. The number of likely N-dealkylation sites (N-methyl/N-ethyl adjacent to an activating group) is 1. The van der Waals surface area contributed by atoms with Crippen LogP contribution in [0.15, 0.2) is 29.6 Å². The fourth-order valence-corrected chi connectivity index (χ4v) is 2.86. The summed E-state index contributed by atoms with van der Waals surface area (Å²) >= 11 is 1.34. The number of nitrogens with one attached hydrogen (secondary N) is 3. The van der Waals surface area contributed by atoms with Crippen molar-refractivity contribution in [2.24, 2.45) is 0 Å². The van der Waals surface area contributed by atoms with E-state index in [0.717, 1.165) is 0 Å². The zero-order chi connectivity index (χ0) is 16.9. The second kappa shape index (κ2) is 7.33. The molecule has 24 heavy (non-hydrogen) atoms. The van der Waals surface area contributed by atoms with Gasteiger partial charge in [0.1, 0.15) is 13.2 Å². The van der Waals surface area contributed by atoms with E-state index in [1.165, 1.54) is 11.3 Å². The van der Waals surface area contributed by atoms with Crippen molar-refractivity contribution < 1.29 is 19.1 Å². The van der Waals surface area contributed by atoms with Gasteiger partial charge in [0, 0.05) is 12.1 Å². The Hall–Kier alpha value is -2.58. The summed E-state index contributed by atoms with van der Waals surface area (Å²) in [5, 5.41) is 10.2. The van der Waals surface area contributed by atoms with Crippen molar-refractivity contribution in [2.75, 3.05) is 37.4 Å². The number of rotatable bonds is 5. The van der Waals surface area contributed by atoms with E-state index in [1.54, 1.807) is 31.3 Å². The van der Waals surface area contributed by atoms with Crippen LogP contribution in [0.5, 0.6) is 11.5 Å². The SMILES string of the molecule is CNCC(=O)Nc1cc2c(cc1NC(=O)c1cccs1)OCCO2. The molecule has 2 amide bonds. The van der Waals surface area contributed by atoms with Crippen LogP contribution in [-0.2, 0) is 4.79 Å². The van der Waals surface area contributed by atoms with Crippen molar-refractivity contribution in [3.05, 3.63) is 34.5 Å². The standard InChI is InChI=1S/C16H17N3O4S/c1-17-9-15(20)18-10-7-12-13(23-5-4-22-12)8-11(10)19-16(21)14-3-2-6-24-14/h2-3,6-8,17H,4-5,9H2,1H3,(H,18,20)(H,19,21). The highest BCUT2D eigenvalue weighted by molar-refractivity contribution is 7.12. The van der Waals surface area contributed by atoms with Gasteiger partial charge >= 0.3 is 0 Å². The van der Waals surface area contributed by atoms with Gasteiger partial charge in [-0.3, -0.25) is 9.59 Å². The summed E-state index contributed by atoms with van der Waals surface area (Å²) in [6.07, 6.45) is 0. The van der Waals surface area contributed by atoms with Gasteiger partial charge in [0.2, 0.25) is 5.91 Å². The minimum absolute atomic E-state index is 0.159. The molecule has 8 heteroatoms. The van der Waals surface area contributed by atoms with Gasteiger partial charge in [0.15, 0.2) is 11.5 Å². The van der Waals surface area contributed by atoms with Crippen LogP contribution >= 0.6 is 11.3 Å². The Morgan fingerprint density at radius 2 is 1.79 bits per heavy atom. The van der Waals surface area contributed by atoms with Crippen LogP contribution < -0.4 is 25.4 Å². The molecule has 0 radical (unpaired) electrons. The van der Waals surface area contributed by atoms with E-state index in [-0.39, 0.29) is 18.4 Å². The molecule has 1 aromatic carbocycles. The Balaban J connectivity index is 1.89. The van der Waals surface area contributed by atoms with Crippen molar-refractivity contribution in [2.45, 2.75) is 0 Å². The van der Waals surface area contributed by atoms with E-state index < -0.39 is 0 Å². The number of hydrogen-bond donors (Lipinski definition) is 3. The summed E-state index contributed by atoms with van der Waals surface area (Å²) in [5.41, 5.74) is 0.923. The largest absolute Gasteiger partial charge is 0.486 e. The first-order valence-corrected chi connectivity index (χ1v) is 8.28. The van der Waals surface area contributed by atoms with Crippen LogP contribution in [0.2, 0.25) is 0 Å². The number of amides is 2. The molecule has 0 saturated heterocycles. The van der Waals surface area contributed by atoms with Crippen molar-refractivity contribution in [3.63, 3.8) is 0 Å². The number of fused-ring (bicyclic) bond motifs is 1. The molecule has 126 valence electrons. The monoisotopic (exact) mass is 347 g/mol. The predicted molar refractivity (Wildman–Crippen MR) is 92.3 cm³/mol.